The minimum atomic E-state index is 0.393. The summed E-state index contributed by atoms with van der Waals surface area (Å²) in [6.07, 6.45) is 5.21. The van der Waals surface area contributed by atoms with E-state index >= 15 is 0 Å². The quantitative estimate of drug-likeness (QED) is 0.622. The Balaban J connectivity index is 2.27. The Morgan fingerprint density at radius 3 is 2.45 bits per heavy atom. The summed E-state index contributed by atoms with van der Waals surface area (Å²) in [5.74, 6) is 0.904. The van der Waals surface area contributed by atoms with Crippen LogP contribution in [0.5, 0.6) is 5.75 Å². The Hall–Kier alpha value is -1.06. The van der Waals surface area contributed by atoms with Crippen LogP contribution in [-0.2, 0) is 4.74 Å². The predicted molar refractivity (Wildman–Crippen MR) is 84.4 cm³/mol. The summed E-state index contributed by atoms with van der Waals surface area (Å²) in [4.78, 5) is 0. The fraction of sp³-hybridized carbons (Fsp3) is 0.647. The van der Waals surface area contributed by atoms with Gasteiger partial charge in [-0.3, -0.25) is 0 Å². The molecular weight excluding hydrogens is 250 g/mol. The fourth-order valence-electron chi connectivity index (χ4n) is 2.08. The van der Waals surface area contributed by atoms with Gasteiger partial charge in [-0.15, -0.1) is 0 Å². The van der Waals surface area contributed by atoms with Crippen LogP contribution in [0, 0.1) is 0 Å². The molecule has 3 nitrogen and oxygen atoms in total. The maximum absolute atomic E-state index is 5.56. The molecule has 1 aromatic carbocycles. The van der Waals surface area contributed by atoms with Gasteiger partial charge in [0.1, 0.15) is 12.4 Å². The third kappa shape index (κ3) is 6.92. The predicted octanol–water partition coefficient (Wildman–Crippen LogP) is 3.94. The minimum absolute atomic E-state index is 0.393. The number of benzene rings is 1. The van der Waals surface area contributed by atoms with E-state index in [0.29, 0.717) is 19.3 Å². The molecule has 0 spiro atoms. The van der Waals surface area contributed by atoms with Crippen molar-refractivity contribution in [3.63, 3.8) is 0 Å². The molecule has 0 fully saturated rings. The van der Waals surface area contributed by atoms with Crippen LogP contribution in [0.25, 0.3) is 0 Å². The molecule has 1 atom stereocenters. The lowest BCUT2D eigenvalue weighted by Crippen LogP contribution is -2.19. The average Bonchev–Trinajstić information content (AvgIpc) is 2.48. The second-order valence-corrected chi connectivity index (χ2v) is 5.15. The van der Waals surface area contributed by atoms with Gasteiger partial charge >= 0.3 is 0 Å². The van der Waals surface area contributed by atoms with Crippen LogP contribution in [0.2, 0.25) is 0 Å². The van der Waals surface area contributed by atoms with Crippen LogP contribution in [0.3, 0.4) is 0 Å². The summed E-state index contributed by atoms with van der Waals surface area (Å²) < 4.78 is 10.5. The smallest absolute Gasteiger partial charge is 0.119 e. The molecule has 0 heterocycles. The first-order chi connectivity index (χ1) is 9.77. The average molecular weight is 279 g/mol. The largest absolute Gasteiger partial charge is 0.491 e. The fourth-order valence-corrected chi connectivity index (χ4v) is 2.08. The highest BCUT2D eigenvalue weighted by Gasteiger charge is 2.04. The molecule has 1 N–H and O–H groups in total. The number of unbranched alkanes of at least 4 members (excludes halogenated alkanes) is 3. The van der Waals surface area contributed by atoms with Crippen molar-refractivity contribution in [1.29, 1.82) is 0 Å². The first-order valence-corrected chi connectivity index (χ1v) is 7.73. The lowest BCUT2D eigenvalue weighted by atomic mass is 10.1. The molecule has 0 saturated carbocycles. The molecule has 0 aliphatic rings. The van der Waals surface area contributed by atoms with Crippen molar-refractivity contribution in [2.45, 2.75) is 45.6 Å². The Morgan fingerprint density at radius 1 is 1.05 bits per heavy atom. The van der Waals surface area contributed by atoms with E-state index in [1.54, 1.807) is 7.11 Å². The summed E-state index contributed by atoms with van der Waals surface area (Å²) in [6, 6.07) is 8.71. The zero-order chi connectivity index (χ0) is 14.6. The first kappa shape index (κ1) is 17.0. The van der Waals surface area contributed by atoms with Crippen molar-refractivity contribution < 1.29 is 9.47 Å². The number of rotatable bonds is 11. The molecule has 0 saturated heterocycles. The molecule has 1 aromatic rings. The highest BCUT2D eigenvalue weighted by molar-refractivity contribution is 5.28. The maximum atomic E-state index is 5.56. The van der Waals surface area contributed by atoms with E-state index < -0.39 is 0 Å². The zero-order valence-electron chi connectivity index (χ0n) is 13.2. The minimum Gasteiger partial charge on any atom is -0.491 e. The highest BCUT2D eigenvalue weighted by atomic mass is 16.5. The molecule has 0 aliphatic carbocycles. The van der Waals surface area contributed by atoms with Gasteiger partial charge in [0, 0.05) is 13.2 Å². The van der Waals surface area contributed by atoms with Crippen LogP contribution >= 0.6 is 0 Å². The lowest BCUT2D eigenvalue weighted by molar-refractivity contribution is 0.146. The van der Waals surface area contributed by atoms with Gasteiger partial charge in [-0.1, -0.05) is 38.3 Å². The van der Waals surface area contributed by atoms with Crippen LogP contribution in [0.15, 0.2) is 24.3 Å². The van der Waals surface area contributed by atoms with E-state index in [1.165, 1.54) is 31.2 Å². The first-order valence-electron chi connectivity index (χ1n) is 7.73. The number of nitrogens with one attached hydrogen (secondary N) is 1. The third-order valence-electron chi connectivity index (χ3n) is 3.42. The van der Waals surface area contributed by atoms with Gasteiger partial charge in [-0.2, -0.15) is 0 Å². The molecule has 20 heavy (non-hydrogen) atoms. The molecule has 1 unspecified atom stereocenters. The van der Waals surface area contributed by atoms with Gasteiger partial charge in [0.15, 0.2) is 0 Å². The topological polar surface area (TPSA) is 30.5 Å². The van der Waals surface area contributed by atoms with E-state index in [2.05, 4.69) is 31.3 Å². The lowest BCUT2D eigenvalue weighted by Gasteiger charge is -2.15. The molecule has 0 amide bonds. The maximum Gasteiger partial charge on any atom is 0.119 e. The zero-order valence-corrected chi connectivity index (χ0v) is 13.2. The molecule has 0 aliphatic heterocycles. The van der Waals surface area contributed by atoms with Gasteiger partial charge in [0.05, 0.1) is 6.61 Å². The van der Waals surface area contributed by atoms with Crippen molar-refractivity contribution >= 4 is 0 Å². The van der Waals surface area contributed by atoms with Crippen LogP contribution in [-0.4, -0.2) is 26.9 Å². The number of methoxy groups -OCH3 is 1. The molecule has 0 radical (unpaired) electrons. The molecular formula is C17H29NO2. The summed E-state index contributed by atoms with van der Waals surface area (Å²) in [6.45, 7) is 6.76. The van der Waals surface area contributed by atoms with Gasteiger partial charge in [-0.05, 0) is 37.6 Å². The van der Waals surface area contributed by atoms with Crippen molar-refractivity contribution in [2.75, 3.05) is 26.9 Å². The monoisotopic (exact) mass is 279 g/mol. The van der Waals surface area contributed by atoms with Crippen molar-refractivity contribution in [3.05, 3.63) is 29.8 Å². The number of ether oxygens (including phenoxy) is 2. The molecule has 0 aromatic heterocycles. The van der Waals surface area contributed by atoms with E-state index in [-0.39, 0.29) is 0 Å². The van der Waals surface area contributed by atoms with E-state index in [1.807, 2.05) is 12.1 Å². The standard InChI is InChI=1S/C17H29NO2/c1-4-5-6-7-12-18-15(2)16-8-10-17(11-9-16)20-14-13-19-3/h8-11,15,18H,4-7,12-14H2,1-3H3. The number of hydrogen-bond donors (Lipinski definition) is 1. The van der Waals surface area contributed by atoms with E-state index in [0.717, 1.165) is 12.3 Å². The summed E-state index contributed by atoms with van der Waals surface area (Å²) in [5.41, 5.74) is 1.31. The Morgan fingerprint density at radius 2 is 1.80 bits per heavy atom. The number of hydrogen-bond acceptors (Lipinski definition) is 3. The molecule has 114 valence electrons. The molecule has 1 rings (SSSR count). The Labute approximate surface area is 123 Å². The normalized spacial score (nSPS) is 12.3. The summed E-state index contributed by atoms with van der Waals surface area (Å²) in [7, 11) is 1.68. The van der Waals surface area contributed by atoms with E-state index in [4.69, 9.17) is 9.47 Å². The molecule has 0 bridgehead atoms. The van der Waals surface area contributed by atoms with Crippen LogP contribution < -0.4 is 10.1 Å². The van der Waals surface area contributed by atoms with Gasteiger partial charge in [-0.25, -0.2) is 0 Å². The SMILES string of the molecule is CCCCCCNC(C)c1ccc(OCCOC)cc1. The Bertz CT molecular complexity index is 337. The highest BCUT2D eigenvalue weighted by Crippen LogP contribution is 2.17. The third-order valence-corrected chi connectivity index (χ3v) is 3.42. The Kier molecular flexibility index (Phi) is 9.09. The second-order valence-electron chi connectivity index (χ2n) is 5.15. The van der Waals surface area contributed by atoms with Crippen molar-refractivity contribution in [3.8, 4) is 5.75 Å². The van der Waals surface area contributed by atoms with Gasteiger partial charge in [0.2, 0.25) is 0 Å². The van der Waals surface area contributed by atoms with Crippen molar-refractivity contribution in [1.82, 2.24) is 5.32 Å². The summed E-state index contributed by atoms with van der Waals surface area (Å²) >= 11 is 0. The van der Waals surface area contributed by atoms with Gasteiger partial charge < -0.3 is 14.8 Å². The second kappa shape index (κ2) is 10.7. The van der Waals surface area contributed by atoms with Crippen LogP contribution in [0.4, 0.5) is 0 Å². The van der Waals surface area contributed by atoms with Gasteiger partial charge in [0.25, 0.3) is 0 Å². The van der Waals surface area contributed by atoms with Crippen molar-refractivity contribution in [2.24, 2.45) is 0 Å². The molecule has 3 heteroatoms. The summed E-state index contributed by atoms with van der Waals surface area (Å²) in [5, 5.41) is 3.57. The van der Waals surface area contributed by atoms with E-state index in [9.17, 15) is 0 Å². The van der Waals surface area contributed by atoms with Crippen LogP contribution in [0.1, 0.15) is 51.1 Å².